The lowest BCUT2D eigenvalue weighted by atomic mass is 10.1. The fourth-order valence-electron chi connectivity index (χ4n) is 2.83. The van der Waals surface area contributed by atoms with Gasteiger partial charge in [0.1, 0.15) is 6.54 Å². The number of carboxylic acid groups (broad SMARTS) is 1. The van der Waals surface area contributed by atoms with E-state index in [1.807, 2.05) is 32.0 Å². The van der Waals surface area contributed by atoms with Crippen LogP contribution in [0.1, 0.15) is 21.6 Å². The summed E-state index contributed by atoms with van der Waals surface area (Å²) >= 11 is 0. The molecule has 0 atom stereocenters. The van der Waals surface area contributed by atoms with Crippen molar-refractivity contribution in [2.75, 3.05) is 5.32 Å². The summed E-state index contributed by atoms with van der Waals surface area (Å²) in [6.07, 6.45) is 0. The zero-order valence-electron chi connectivity index (χ0n) is 14.3. The molecule has 1 aromatic heterocycles. The molecular formula is C19H17N3O4. The van der Waals surface area contributed by atoms with Gasteiger partial charge in [0.05, 0.1) is 5.39 Å². The lowest BCUT2D eigenvalue weighted by Gasteiger charge is -2.12. The van der Waals surface area contributed by atoms with Gasteiger partial charge in [-0.2, -0.15) is 5.10 Å². The van der Waals surface area contributed by atoms with Crippen molar-refractivity contribution in [2.24, 2.45) is 0 Å². The molecule has 1 amide bonds. The van der Waals surface area contributed by atoms with E-state index in [1.165, 1.54) is 12.1 Å². The number of fused-ring (bicyclic) bond motifs is 1. The highest BCUT2D eigenvalue weighted by Gasteiger charge is 2.17. The van der Waals surface area contributed by atoms with E-state index in [4.69, 9.17) is 0 Å². The molecule has 1 heterocycles. The lowest BCUT2D eigenvalue weighted by molar-refractivity contribution is -0.117. The Labute approximate surface area is 148 Å². The normalized spacial score (nSPS) is 10.7. The Morgan fingerprint density at radius 2 is 1.65 bits per heavy atom. The number of nitrogens with one attached hydrogen (secondary N) is 1. The second-order valence-electron chi connectivity index (χ2n) is 5.98. The topological polar surface area (TPSA) is 101 Å². The molecule has 7 heteroatoms. The number of anilines is 1. The predicted molar refractivity (Wildman–Crippen MR) is 97.5 cm³/mol. The first-order valence-corrected chi connectivity index (χ1v) is 7.97. The Balaban J connectivity index is 1.98. The molecule has 0 radical (unpaired) electrons. The van der Waals surface area contributed by atoms with Crippen LogP contribution in [0.15, 0.2) is 47.3 Å². The first-order chi connectivity index (χ1) is 12.4. The average molecular weight is 351 g/mol. The number of aromatic carboxylic acids is 1. The van der Waals surface area contributed by atoms with Gasteiger partial charge >= 0.3 is 5.97 Å². The standard InChI is InChI=1S/C19H17N3O4/c1-11-6-5-7-12(2)16(11)20-15(23)10-22-18(24)14-9-4-3-8-13(14)17(21-22)19(25)26/h3-9H,10H2,1-2H3,(H,20,23)(H,25,26). The number of hydrogen-bond donors (Lipinski definition) is 2. The molecule has 0 bridgehead atoms. The zero-order chi connectivity index (χ0) is 18.8. The van der Waals surface area contributed by atoms with Crippen LogP contribution in [-0.2, 0) is 11.3 Å². The Bertz CT molecular complexity index is 1070. The zero-order valence-corrected chi connectivity index (χ0v) is 14.3. The highest BCUT2D eigenvalue weighted by atomic mass is 16.4. The molecule has 0 spiro atoms. The van der Waals surface area contributed by atoms with Crippen molar-refractivity contribution in [3.05, 3.63) is 69.6 Å². The summed E-state index contributed by atoms with van der Waals surface area (Å²) in [5.74, 6) is -1.71. The minimum atomic E-state index is -1.26. The van der Waals surface area contributed by atoms with Crippen LogP contribution >= 0.6 is 0 Å². The van der Waals surface area contributed by atoms with Gasteiger partial charge in [0.15, 0.2) is 5.69 Å². The monoisotopic (exact) mass is 351 g/mol. The highest BCUT2D eigenvalue weighted by Crippen LogP contribution is 2.19. The Kier molecular flexibility index (Phi) is 4.53. The van der Waals surface area contributed by atoms with E-state index >= 15 is 0 Å². The van der Waals surface area contributed by atoms with E-state index in [-0.39, 0.29) is 23.0 Å². The second kappa shape index (κ2) is 6.79. The fourth-order valence-corrected chi connectivity index (χ4v) is 2.83. The summed E-state index contributed by atoms with van der Waals surface area (Å²) in [4.78, 5) is 36.4. The molecule has 0 saturated carbocycles. The first kappa shape index (κ1) is 17.3. The van der Waals surface area contributed by atoms with Crippen LogP contribution in [0.4, 0.5) is 5.69 Å². The van der Waals surface area contributed by atoms with Crippen molar-refractivity contribution in [3.8, 4) is 0 Å². The third-order valence-electron chi connectivity index (χ3n) is 4.11. The number of para-hydroxylation sites is 1. The number of aryl methyl sites for hydroxylation is 2. The minimum Gasteiger partial charge on any atom is -0.476 e. The van der Waals surface area contributed by atoms with Crippen molar-refractivity contribution in [3.63, 3.8) is 0 Å². The Morgan fingerprint density at radius 1 is 1.04 bits per heavy atom. The molecule has 26 heavy (non-hydrogen) atoms. The van der Waals surface area contributed by atoms with Crippen LogP contribution in [0.5, 0.6) is 0 Å². The first-order valence-electron chi connectivity index (χ1n) is 7.97. The van der Waals surface area contributed by atoms with Gasteiger partial charge in [-0.1, -0.05) is 36.4 Å². The summed E-state index contributed by atoms with van der Waals surface area (Å²) in [7, 11) is 0. The van der Waals surface area contributed by atoms with Gasteiger partial charge < -0.3 is 10.4 Å². The van der Waals surface area contributed by atoms with Crippen molar-refractivity contribution in [1.82, 2.24) is 9.78 Å². The molecule has 7 nitrogen and oxygen atoms in total. The third kappa shape index (κ3) is 3.19. The minimum absolute atomic E-state index is 0.208. The second-order valence-corrected chi connectivity index (χ2v) is 5.98. The molecule has 2 aromatic carbocycles. The third-order valence-corrected chi connectivity index (χ3v) is 4.11. The highest BCUT2D eigenvalue weighted by molar-refractivity contribution is 6.01. The number of amides is 1. The van der Waals surface area contributed by atoms with E-state index in [9.17, 15) is 19.5 Å². The van der Waals surface area contributed by atoms with Crippen LogP contribution in [0.2, 0.25) is 0 Å². The molecule has 0 aliphatic carbocycles. The lowest BCUT2D eigenvalue weighted by Crippen LogP contribution is -2.31. The maximum atomic E-state index is 12.6. The molecule has 0 aliphatic heterocycles. The van der Waals surface area contributed by atoms with E-state index < -0.39 is 17.4 Å². The van der Waals surface area contributed by atoms with Crippen LogP contribution in [-0.4, -0.2) is 26.8 Å². The number of nitrogens with zero attached hydrogens (tertiary/aromatic N) is 2. The molecule has 0 unspecified atom stereocenters. The molecule has 0 saturated heterocycles. The quantitative estimate of drug-likeness (QED) is 0.751. The number of benzene rings is 2. The van der Waals surface area contributed by atoms with Gasteiger partial charge in [-0.15, -0.1) is 0 Å². The van der Waals surface area contributed by atoms with E-state index in [1.54, 1.807) is 12.1 Å². The maximum absolute atomic E-state index is 12.6. The molecule has 0 aliphatic rings. The molecule has 0 fully saturated rings. The van der Waals surface area contributed by atoms with Crippen molar-refractivity contribution < 1.29 is 14.7 Å². The van der Waals surface area contributed by atoms with Gasteiger partial charge in [-0.05, 0) is 31.0 Å². The summed E-state index contributed by atoms with van der Waals surface area (Å²) in [5, 5.41) is 16.5. The van der Waals surface area contributed by atoms with Crippen LogP contribution in [0.25, 0.3) is 10.8 Å². The Hall–Kier alpha value is -3.48. The predicted octanol–water partition coefficient (Wildman–Crippen LogP) is 2.35. The van der Waals surface area contributed by atoms with E-state index in [0.717, 1.165) is 15.8 Å². The average Bonchev–Trinajstić information content (AvgIpc) is 2.60. The maximum Gasteiger partial charge on any atom is 0.357 e. The molecule has 3 rings (SSSR count). The summed E-state index contributed by atoms with van der Waals surface area (Å²) in [5.41, 5.74) is 1.68. The summed E-state index contributed by atoms with van der Waals surface area (Å²) in [6, 6.07) is 11.9. The van der Waals surface area contributed by atoms with Crippen LogP contribution < -0.4 is 10.9 Å². The smallest absolute Gasteiger partial charge is 0.357 e. The number of carboxylic acids is 1. The number of rotatable bonds is 4. The number of carbonyl (C=O) groups excluding carboxylic acids is 1. The van der Waals surface area contributed by atoms with E-state index in [0.29, 0.717) is 5.69 Å². The van der Waals surface area contributed by atoms with Gasteiger partial charge in [0, 0.05) is 11.1 Å². The van der Waals surface area contributed by atoms with Crippen molar-refractivity contribution in [1.29, 1.82) is 0 Å². The van der Waals surface area contributed by atoms with E-state index in [2.05, 4.69) is 10.4 Å². The summed E-state index contributed by atoms with van der Waals surface area (Å²) in [6.45, 7) is 3.36. The summed E-state index contributed by atoms with van der Waals surface area (Å²) < 4.78 is 0.884. The van der Waals surface area contributed by atoms with Gasteiger partial charge in [-0.25, -0.2) is 9.48 Å². The molecular weight excluding hydrogens is 334 g/mol. The number of carbonyl (C=O) groups is 2. The van der Waals surface area contributed by atoms with Gasteiger partial charge in [0.2, 0.25) is 5.91 Å². The SMILES string of the molecule is Cc1cccc(C)c1NC(=O)Cn1nc(C(=O)O)c2ccccc2c1=O. The van der Waals surface area contributed by atoms with Gasteiger partial charge in [-0.3, -0.25) is 9.59 Å². The fraction of sp³-hybridized carbons (Fsp3) is 0.158. The Morgan fingerprint density at radius 3 is 2.27 bits per heavy atom. The van der Waals surface area contributed by atoms with Crippen molar-refractivity contribution in [2.45, 2.75) is 20.4 Å². The largest absolute Gasteiger partial charge is 0.476 e. The van der Waals surface area contributed by atoms with Crippen LogP contribution in [0.3, 0.4) is 0 Å². The molecule has 3 aromatic rings. The van der Waals surface area contributed by atoms with Crippen molar-refractivity contribution >= 4 is 28.3 Å². The molecule has 132 valence electrons. The number of aromatic nitrogens is 2. The molecule has 2 N–H and O–H groups in total. The number of hydrogen-bond acceptors (Lipinski definition) is 4. The van der Waals surface area contributed by atoms with Crippen LogP contribution in [0, 0.1) is 13.8 Å². The van der Waals surface area contributed by atoms with Gasteiger partial charge in [0.25, 0.3) is 5.56 Å².